The van der Waals surface area contributed by atoms with Crippen LogP contribution in [0.5, 0.6) is 0 Å². The number of imidazole rings is 1. The molecular weight excluding hydrogens is 412 g/mol. The van der Waals surface area contributed by atoms with Crippen LogP contribution in [-0.2, 0) is 13.0 Å². The van der Waals surface area contributed by atoms with E-state index in [1.807, 2.05) is 57.4 Å². The monoisotopic (exact) mass is 448 g/mol. The molecule has 6 nitrogen and oxygen atoms in total. The van der Waals surface area contributed by atoms with Crippen molar-refractivity contribution in [3.05, 3.63) is 71.2 Å². The molecule has 0 aliphatic carbocycles. The number of aliphatic hydroxyl groups is 1. The third kappa shape index (κ3) is 5.28. The number of hydrogen-bond acceptors (Lipinski definition) is 4. The van der Waals surface area contributed by atoms with Gasteiger partial charge in [-0.25, -0.2) is 4.98 Å². The topological polar surface area (TPSA) is 61.1 Å². The number of aliphatic hydroxyl groups excluding tert-OH is 1. The number of nitrogens with zero attached hydrogens (tertiary/aromatic N) is 4. The molecule has 0 radical (unpaired) electrons. The Balaban J connectivity index is 1.53. The Hall–Kier alpha value is -2.70. The summed E-state index contributed by atoms with van der Waals surface area (Å²) >= 11 is 0. The lowest BCUT2D eigenvalue weighted by Gasteiger charge is -2.34. The number of likely N-dealkylation sites (N-methyl/N-ethyl adjacent to an activating group) is 1. The second-order valence-electron chi connectivity index (χ2n) is 9.34. The van der Waals surface area contributed by atoms with E-state index in [-0.39, 0.29) is 12.0 Å². The highest BCUT2D eigenvalue weighted by Gasteiger charge is 2.28. The van der Waals surface area contributed by atoms with Crippen LogP contribution in [0.4, 0.5) is 0 Å². The second kappa shape index (κ2) is 10.5. The predicted octanol–water partition coefficient (Wildman–Crippen LogP) is 3.94. The SMILES string of the molecule is CC[C@@H](O)C1CCN(Cc2c(C(=O)N(C)CCc3ccccc3)nc3c(C)cccn23)CC1. The zero-order valence-corrected chi connectivity index (χ0v) is 20.1. The fourth-order valence-corrected chi connectivity index (χ4v) is 4.84. The number of piperidine rings is 1. The van der Waals surface area contributed by atoms with Gasteiger partial charge >= 0.3 is 0 Å². The molecule has 1 fully saturated rings. The molecule has 176 valence electrons. The highest BCUT2D eigenvalue weighted by molar-refractivity contribution is 5.94. The molecule has 1 aromatic carbocycles. The van der Waals surface area contributed by atoms with Crippen LogP contribution >= 0.6 is 0 Å². The maximum absolute atomic E-state index is 13.5. The van der Waals surface area contributed by atoms with Crippen molar-refractivity contribution in [3.8, 4) is 0 Å². The average molecular weight is 449 g/mol. The minimum atomic E-state index is -0.207. The summed E-state index contributed by atoms with van der Waals surface area (Å²) in [6.07, 6.45) is 5.42. The first-order valence-corrected chi connectivity index (χ1v) is 12.1. The van der Waals surface area contributed by atoms with Crippen LogP contribution in [0.1, 0.15) is 53.5 Å². The van der Waals surface area contributed by atoms with E-state index in [2.05, 4.69) is 21.4 Å². The van der Waals surface area contributed by atoms with Gasteiger partial charge in [-0.2, -0.15) is 0 Å². The van der Waals surface area contributed by atoms with Gasteiger partial charge in [0, 0.05) is 26.3 Å². The molecule has 33 heavy (non-hydrogen) atoms. The van der Waals surface area contributed by atoms with Crippen molar-refractivity contribution >= 4 is 11.6 Å². The fourth-order valence-electron chi connectivity index (χ4n) is 4.84. The first-order valence-electron chi connectivity index (χ1n) is 12.1. The Bertz CT molecular complexity index is 1070. The summed E-state index contributed by atoms with van der Waals surface area (Å²) in [5, 5.41) is 10.2. The van der Waals surface area contributed by atoms with Crippen LogP contribution in [0, 0.1) is 12.8 Å². The van der Waals surface area contributed by atoms with Gasteiger partial charge in [0.05, 0.1) is 11.8 Å². The van der Waals surface area contributed by atoms with Gasteiger partial charge in [-0.15, -0.1) is 0 Å². The minimum absolute atomic E-state index is 0.0275. The van der Waals surface area contributed by atoms with Crippen LogP contribution in [0.3, 0.4) is 0 Å². The predicted molar refractivity (Wildman–Crippen MR) is 131 cm³/mol. The molecule has 0 bridgehead atoms. The molecule has 0 spiro atoms. The van der Waals surface area contributed by atoms with E-state index in [1.54, 1.807) is 4.90 Å². The maximum atomic E-state index is 13.5. The van der Waals surface area contributed by atoms with Crippen molar-refractivity contribution in [2.75, 3.05) is 26.7 Å². The third-order valence-corrected chi connectivity index (χ3v) is 7.04. The summed E-state index contributed by atoms with van der Waals surface area (Å²) in [7, 11) is 1.86. The minimum Gasteiger partial charge on any atom is -0.393 e. The fraction of sp³-hybridized carbons (Fsp3) is 0.481. The molecule has 3 aromatic rings. The number of pyridine rings is 1. The molecule has 0 saturated carbocycles. The van der Waals surface area contributed by atoms with Crippen LogP contribution in [-0.4, -0.2) is 63.0 Å². The lowest BCUT2D eigenvalue weighted by Crippen LogP contribution is -2.38. The second-order valence-corrected chi connectivity index (χ2v) is 9.34. The number of benzene rings is 1. The van der Waals surface area contributed by atoms with Crippen molar-refractivity contribution in [2.24, 2.45) is 5.92 Å². The van der Waals surface area contributed by atoms with E-state index < -0.39 is 0 Å². The van der Waals surface area contributed by atoms with E-state index in [1.165, 1.54) is 5.56 Å². The summed E-state index contributed by atoms with van der Waals surface area (Å²) in [5.41, 5.74) is 4.65. The number of hydrogen-bond donors (Lipinski definition) is 1. The zero-order valence-electron chi connectivity index (χ0n) is 20.1. The molecule has 6 heteroatoms. The highest BCUT2D eigenvalue weighted by atomic mass is 16.3. The number of aromatic nitrogens is 2. The smallest absolute Gasteiger partial charge is 0.274 e. The summed E-state index contributed by atoms with van der Waals surface area (Å²) in [6, 6.07) is 14.3. The molecule has 1 N–H and O–H groups in total. The van der Waals surface area contributed by atoms with Crippen LogP contribution in [0.25, 0.3) is 5.65 Å². The van der Waals surface area contributed by atoms with Gasteiger partial charge in [0.1, 0.15) is 5.65 Å². The molecular formula is C27H36N4O2. The molecule has 1 aliphatic rings. The van der Waals surface area contributed by atoms with Crippen LogP contribution < -0.4 is 0 Å². The van der Waals surface area contributed by atoms with Crippen molar-refractivity contribution in [1.82, 2.24) is 19.2 Å². The quantitative estimate of drug-likeness (QED) is 0.567. The summed E-state index contributed by atoms with van der Waals surface area (Å²) in [6.45, 7) is 7.28. The van der Waals surface area contributed by atoms with E-state index >= 15 is 0 Å². The van der Waals surface area contributed by atoms with Gasteiger partial charge in [0.25, 0.3) is 5.91 Å². The number of rotatable bonds is 8. The molecule has 0 unspecified atom stereocenters. The third-order valence-electron chi connectivity index (χ3n) is 7.04. The van der Waals surface area contributed by atoms with Gasteiger partial charge in [-0.3, -0.25) is 9.69 Å². The van der Waals surface area contributed by atoms with Crippen molar-refractivity contribution in [2.45, 2.75) is 52.2 Å². The number of carbonyl (C=O) groups is 1. The lowest BCUT2D eigenvalue weighted by molar-refractivity contribution is 0.0544. The van der Waals surface area contributed by atoms with E-state index in [0.29, 0.717) is 24.7 Å². The summed E-state index contributed by atoms with van der Waals surface area (Å²) in [4.78, 5) is 22.5. The van der Waals surface area contributed by atoms with E-state index in [0.717, 1.165) is 55.7 Å². The average Bonchev–Trinajstić information content (AvgIpc) is 3.22. The molecule has 1 saturated heterocycles. The molecule has 1 atom stereocenters. The molecule has 2 aromatic heterocycles. The number of carbonyl (C=O) groups excluding carboxylic acids is 1. The summed E-state index contributed by atoms with van der Waals surface area (Å²) in [5.74, 6) is 0.348. The normalized spacial score (nSPS) is 16.2. The Kier molecular flexibility index (Phi) is 7.46. The molecule has 3 heterocycles. The lowest BCUT2D eigenvalue weighted by atomic mass is 9.90. The Morgan fingerprint density at radius 3 is 2.61 bits per heavy atom. The van der Waals surface area contributed by atoms with E-state index in [4.69, 9.17) is 4.98 Å². The Labute approximate surface area is 196 Å². The molecule has 4 rings (SSSR count). The molecule has 1 aliphatic heterocycles. The number of aryl methyl sites for hydroxylation is 1. The maximum Gasteiger partial charge on any atom is 0.274 e. The first kappa shape index (κ1) is 23.5. The van der Waals surface area contributed by atoms with Gasteiger partial charge in [0.15, 0.2) is 5.69 Å². The van der Waals surface area contributed by atoms with Crippen LogP contribution in [0.2, 0.25) is 0 Å². The molecule has 1 amide bonds. The Morgan fingerprint density at radius 1 is 1.18 bits per heavy atom. The first-order chi connectivity index (χ1) is 16.0. The zero-order chi connectivity index (χ0) is 23.4. The standard InChI is InChI=1S/C27H36N4O2/c1-4-24(32)22-13-17-30(18-14-22)19-23-25(28-26-20(2)9-8-15-31(23)26)27(33)29(3)16-12-21-10-6-5-7-11-21/h5-11,15,22,24,32H,4,12-14,16-19H2,1-3H3/t24-/m1/s1. The largest absolute Gasteiger partial charge is 0.393 e. The Morgan fingerprint density at radius 2 is 1.91 bits per heavy atom. The van der Waals surface area contributed by atoms with Crippen molar-refractivity contribution < 1.29 is 9.90 Å². The number of amides is 1. The summed E-state index contributed by atoms with van der Waals surface area (Å²) < 4.78 is 2.08. The van der Waals surface area contributed by atoms with Gasteiger partial charge in [-0.1, -0.05) is 43.3 Å². The van der Waals surface area contributed by atoms with E-state index in [9.17, 15) is 9.90 Å². The van der Waals surface area contributed by atoms with Crippen molar-refractivity contribution in [1.29, 1.82) is 0 Å². The van der Waals surface area contributed by atoms with Gasteiger partial charge < -0.3 is 14.4 Å². The number of fused-ring (bicyclic) bond motifs is 1. The van der Waals surface area contributed by atoms with Gasteiger partial charge in [-0.05, 0) is 68.8 Å². The number of likely N-dealkylation sites (tertiary alicyclic amines) is 1. The van der Waals surface area contributed by atoms with Crippen molar-refractivity contribution in [3.63, 3.8) is 0 Å². The highest BCUT2D eigenvalue weighted by Crippen LogP contribution is 2.25. The van der Waals surface area contributed by atoms with Crippen LogP contribution in [0.15, 0.2) is 48.7 Å². The van der Waals surface area contributed by atoms with Gasteiger partial charge in [0.2, 0.25) is 0 Å².